The summed E-state index contributed by atoms with van der Waals surface area (Å²) < 4.78 is 7.49. The normalized spacial score (nSPS) is 22.1. The molecule has 0 radical (unpaired) electrons. The third-order valence-electron chi connectivity index (χ3n) is 5.11. The fraction of sp³-hybridized carbons (Fsp3) is 0.500. The van der Waals surface area contributed by atoms with Crippen molar-refractivity contribution < 1.29 is 9.53 Å². The SMILES string of the molecule is CC1(C)CC(CCNC(=O)Cn2cc(N)cn2)(c2ccccc2)CCO1. The second-order valence-electron chi connectivity index (χ2n) is 7.75. The van der Waals surface area contributed by atoms with Crippen LogP contribution in [0, 0.1) is 0 Å². The highest BCUT2D eigenvalue weighted by Gasteiger charge is 2.41. The van der Waals surface area contributed by atoms with E-state index >= 15 is 0 Å². The fourth-order valence-corrected chi connectivity index (χ4v) is 3.98. The molecule has 2 heterocycles. The molecule has 0 bridgehead atoms. The Bertz CT molecular complexity index is 741. The molecule has 6 nitrogen and oxygen atoms in total. The number of anilines is 1. The van der Waals surface area contributed by atoms with Crippen molar-refractivity contribution >= 4 is 11.6 Å². The minimum Gasteiger partial charge on any atom is -0.396 e. The molecule has 1 unspecified atom stereocenters. The number of nitrogens with one attached hydrogen (secondary N) is 1. The quantitative estimate of drug-likeness (QED) is 0.833. The molecule has 0 saturated carbocycles. The van der Waals surface area contributed by atoms with E-state index in [4.69, 9.17) is 10.5 Å². The number of amides is 1. The summed E-state index contributed by atoms with van der Waals surface area (Å²) in [6.07, 6.45) is 5.99. The van der Waals surface area contributed by atoms with Gasteiger partial charge in [0, 0.05) is 24.8 Å². The van der Waals surface area contributed by atoms with Gasteiger partial charge >= 0.3 is 0 Å². The number of nitrogen functional groups attached to an aromatic ring is 1. The predicted molar refractivity (Wildman–Crippen MR) is 102 cm³/mol. The van der Waals surface area contributed by atoms with Crippen LogP contribution < -0.4 is 11.1 Å². The van der Waals surface area contributed by atoms with Crippen molar-refractivity contribution in [2.24, 2.45) is 0 Å². The molecule has 0 aliphatic carbocycles. The Labute approximate surface area is 154 Å². The maximum atomic E-state index is 12.2. The van der Waals surface area contributed by atoms with Gasteiger partial charge in [0.25, 0.3) is 0 Å². The number of carbonyl (C=O) groups is 1. The van der Waals surface area contributed by atoms with E-state index in [0.29, 0.717) is 12.2 Å². The van der Waals surface area contributed by atoms with Crippen molar-refractivity contribution in [1.29, 1.82) is 0 Å². The van der Waals surface area contributed by atoms with Gasteiger partial charge in [0.15, 0.2) is 0 Å². The minimum absolute atomic E-state index is 0.0203. The van der Waals surface area contributed by atoms with Crippen molar-refractivity contribution in [2.45, 2.75) is 50.7 Å². The summed E-state index contributed by atoms with van der Waals surface area (Å²) in [6, 6.07) is 10.6. The summed E-state index contributed by atoms with van der Waals surface area (Å²) in [4.78, 5) is 12.2. The van der Waals surface area contributed by atoms with E-state index in [-0.39, 0.29) is 23.5 Å². The lowest BCUT2D eigenvalue weighted by Gasteiger charge is -2.45. The van der Waals surface area contributed by atoms with Crippen LogP contribution in [0.25, 0.3) is 0 Å². The van der Waals surface area contributed by atoms with E-state index in [1.807, 2.05) is 6.07 Å². The maximum absolute atomic E-state index is 12.2. The summed E-state index contributed by atoms with van der Waals surface area (Å²) in [5.74, 6) is -0.0531. The molecule has 1 atom stereocenters. The zero-order valence-electron chi connectivity index (χ0n) is 15.6. The van der Waals surface area contributed by atoms with Crippen molar-refractivity contribution in [1.82, 2.24) is 15.1 Å². The van der Waals surface area contributed by atoms with Crippen LogP contribution in [-0.4, -0.2) is 34.4 Å². The van der Waals surface area contributed by atoms with Crippen LogP contribution in [0.5, 0.6) is 0 Å². The number of hydrogen-bond acceptors (Lipinski definition) is 4. The summed E-state index contributed by atoms with van der Waals surface area (Å²) in [7, 11) is 0. The van der Waals surface area contributed by atoms with Crippen molar-refractivity contribution in [2.75, 3.05) is 18.9 Å². The average Bonchev–Trinajstić information content (AvgIpc) is 2.99. The van der Waals surface area contributed by atoms with Crippen molar-refractivity contribution in [3.8, 4) is 0 Å². The number of aromatic nitrogens is 2. The first-order chi connectivity index (χ1) is 12.4. The van der Waals surface area contributed by atoms with Crippen LogP contribution in [0.1, 0.15) is 38.7 Å². The first-order valence-electron chi connectivity index (χ1n) is 9.13. The predicted octanol–water partition coefficient (Wildman–Crippen LogP) is 2.50. The Morgan fingerprint density at radius 1 is 1.35 bits per heavy atom. The van der Waals surface area contributed by atoms with Gasteiger partial charge in [0.1, 0.15) is 6.54 Å². The second kappa shape index (κ2) is 7.50. The van der Waals surface area contributed by atoms with E-state index < -0.39 is 0 Å². The van der Waals surface area contributed by atoms with Crippen LogP contribution >= 0.6 is 0 Å². The third kappa shape index (κ3) is 4.43. The molecule has 3 N–H and O–H groups in total. The second-order valence-corrected chi connectivity index (χ2v) is 7.75. The van der Waals surface area contributed by atoms with Gasteiger partial charge in [0.2, 0.25) is 5.91 Å². The van der Waals surface area contributed by atoms with Crippen LogP contribution in [0.4, 0.5) is 5.69 Å². The molecule has 1 aliphatic heterocycles. The highest BCUT2D eigenvalue weighted by molar-refractivity contribution is 5.75. The number of nitrogens with zero attached hydrogens (tertiary/aromatic N) is 2. The highest BCUT2D eigenvalue weighted by atomic mass is 16.5. The van der Waals surface area contributed by atoms with Crippen LogP contribution in [0.15, 0.2) is 42.7 Å². The molecule has 3 rings (SSSR count). The van der Waals surface area contributed by atoms with Gasteiger partial charge < -0.3 is 15.8 Å². The van der Waals surface area contributed by atoms with E-state index in [1.54, 1.807) is 17.1 Å². The zero-order valence-corrected chi connectivity index (χ0v) is 15.6. The van der Waals surface area contributed by atoms with E-state index in [2.05, 4.69) is 48.5 Å². The van der Waals surface area contributed by atoms with Crippen LogP contribution in [0.3, 0.4) is 0 Å². The van der Waals surface area contributed by atoms with Gasteiger partial charge in [-0.25, -0.2) is 0 Å². The summed E-state index contributed by atoms with van der Waals surface area (Å²) in [5.41, 5.74) is 7.38. The summed E-state index contributed by atoms with van der Waals surface area (Å²) in [5, 5.41) is 7.08. The molecule has 6 heteroatoms. The number of nitrogens with two attached hydrogens (primary N) is 1. The summed E-state index contributed by atoms with van der Waals surface area (Å²) in [6.45, 7) is 5.84. The standard InChI is InChI=1S/C20H28N4O2/c1-19(2)15-20(9-11-26-19,16-6-4-3-5-7-16)8-10-22-18(25)14-24-13-17(21)12-23-24/h3-7,12-13H,8-11,14-15,21H2,1-2H3,(H,22,25). The lowest BCUT2D eigenvalue weighted by atomic mass is 9.67. The molecule has 1 amide bonds. The third-order valence-corrected chi connectivity index (χ3v) is 5.11. The molecule has 1 saturated heterocycles. The van der Waals surface area contributed by atoms with Gasteiger partial charge in [-0.05, 0) is 38.7 Å². The minimum atomic E-state index is -0.162. The number of benzene rings is 1. The molecular formula is C20H28N4O2. The van der Waals surface area contributed by atoms with Crippen molar-refractivity contribution in [3.05, 3.63) is 48.3 Å². The maximum Gasteiger partial charge on any atom is 0.241 e. The lowest BCUT2D eigenvalue weighted by Crippen LogP contribution is -2.45. The molecule has 1 fully saturated rings. The molecule has 140 valence electrons. The monoisotopic (exact) mass is 356 g/mol. The van der Waals surface area contributed by atoms with Gasteiger partial charge in [0.05, 0.1) is 17.5 Å². The topological polar surface area (TPSA) is 82.2 Å². The average molecular weight is 356 g/mol. The number of hydrogen-bond donors (Lipinski definition) is 2. The van der Waals surface area contributed by atoms with Crippen molar-refractivity contribution in [3.63, 3.8) is 0 Å². The van der Waals surface area contributed by atoms with Gasteiger partial charge in [-0.3, -0.25) is 9.48 Å². The Balaban J connectivity index is 1.64. The molecule has 1 aliphatic rings. The Morgan fingerprint density at radius 3 is 2.77 bits per heavy atom. The molecule has 1 aromatic heterocycles. The first kappa shape index (κ1) is 18.5. The van der Waals surface area contributed by atoms with Gasteiger partial charge in [-0.15, -0.1) is 0 Å². The Kier molecular flexibility index (Phi) is 5.32. The van der Waals surface area contributed by atoms with E-state index in [9.17, 15) is 4.79 Å². The van der Waals surface area contributed by atoms with Crippen LogP contribution in [-0.2, 0) is 21.5 Å². The first-order valence-corrected chi connectivity index (χ1v) is 9.13. The Hall–Kier alpha value is -2.34. The van der Waals surface area contributed by atoms with Gasteiger partial charge in [-0.1, -0.05) is 30.3 Å². The largest absolute Gasteiger partial charge is 0.396 e. The number of ether oxygens (including phenoxy) is 1. The molecule has 2 aromatic rings. The molecular weight excluding hydrogens is 328 g/mol. The van der Waals surface area contributed by atoms with E-state index in [0.717, 1.165) is 25.9 Å². The number of carbonyl (C=O) groups excluding carboxylic acids is 1. The lowest BCUT2D eigenvalue weighted by molar-refractivity contribution is -0.122. The Morgan fingerprint density at radius 2 is 2.12 bits per heavy atom. The molecule has 26 heavy (non-hydrogen) atoms. The van der Waals surface area contributed by atoms with Gasteiger partial charge in [-0.2, -0.15) is 5.10 Å². The highest BCUT2D eigenvalue weighted by Crippen LogP contribution is 2.43. The zero-order chi connectivity index (χ0) is 18.6. The number of rotatable bonds is 6. The molecule has 1 aromatic carbocycles. The fourth-order valence-electron chi connectivity index (χ4n) is 3.98. The van der Waals surface area contributed by atoms with E-state index in [1.165, 1.54) is 5.56 Å². The van der Waals surface area contributed by atoms with Crippen LogP contribution in [0.2, 0.25) is 0 Å². The molecule has 0 spiro atoms. The smallest absolute Gasteiger partial charge is 0.241 e. The summed E-state index contributed by atoms with van der Waals surface area (Å²) >= 11 is 0.